The van der Waals surface area contributed by atoms with Gasteiger partial charge in [0.25, 0.3) is 0 Å². The molecule has 0 atom stereocenters. The van der Waals surface area contributed by atoms with Crippen molar-refractivity contribution in [3.63, 3.8) is 0 Å². The molecule has 2 N–H and O–H groups in total. The maximum atomic E-state index is 13.7. The number of hydrogen-bond donors (Lipinski definition) is 2. The van der Waals surface area contributed by atoms with Crippen molar-refractivity contribution in [3.8, 4) is 11.4 Å². The molecule has 0 amide bonds. The Kier molecular flexibility index (Phi) is 4.97. The van der Waals surface area contributed by atoms with Crippen LogP contribution in [0.15, 0.2) is 47.3 Å². The second-order valence-electron chi connectivity index (χ2n) is 6.83. The predicted octanol–water partition coefficient (Wildman–Crippen LogP) is 1.73. The third-order valence-corrected chi connectivity index (χ3v) is 5.05. The van der Waals surface area contributed by atoms with Crippen LogP contribution in [0.2, 0.25) is 0 Å². The Balaban J connectivity index is 1.64. The van der Waals surface area contributed by atoms with Crippen LogP contribution in [0.4, 0.5) is 4.39 Å². The molecule has 1 fully saturated rings. The average molecular weight is 383 g/mol. The molecule has 0 aliphatic carbocycles. The molecule has 28 heavy (non-hydrogen) atoms. The summed E-state index contributed by atoms with van der Waals surface area (Å²) in [6.45, 7) is 3.70. The number of halogens is 1. The first-order chi connectivity index (χ1) is 13.6. The van der Waals surface area contributed by atoms with E-state index in [0.717, 1.165) is 13.1 Å². The molecule has 3 aromatic rings. The van der Waals surface area contributed by atoms with E-state index >= 15 is 0 Å². The summed E-state index contributed by atoms with van der Waals surface area (Å²) >= 11 is 0. The van der Waals surface area contributed by atoms with Crippen molar-refractivity contribution in [2.24, 2.45) is 0 Å². The van der Waals surface area contributed by atoms with Crippen molar-refractivity contribution >= 4 is 0 Å². The highest BCUT2D eigenvalue weighted by atomic mass is 19.1. The number of hydrazine groups is 1. The van der Waals surface area contributed by atoms with Gasteiger partial charge >= 0.3 is 5.69 Å². The van der Waals surface area contributed by atoms with E-state index in [1.54, 1.807) is 13.0 Å². The topological polar surface area (TPSA) is 73.1 Å². The van der Waals surface area contributed by atoms with Gasteiger partial charge in [-0.1, -0.05) is 12.1 Å². The molecule has 7 nitrogen and oxygen atoms in total. The van der Waals surface area contributed by atoms with Gasteiger partial charge in [-0.3, -0.25) is 15.4 Å². The van der Waals surface area contributed by atoms with Crippen LogP contribution >= 0.6 is 0 Å². The third kappa shape index (κ3) is 3.44. The fourth-order valence-electron chi connectivity index (χ4n) is 3.47. The molecule has 0 saturated carbocycles. The van der Waals surface area contributed by atoms with Gasteiger partial charge in [0.05, 0.1) is 19.3 Å². The van der Waals surface area contributed by atoms with E-state index in [1.165, 1.54) is 34.1 Å². The minimum absolute atomic E-state index is 0.184. The molecule has 0 unspecified atom stereocenters. The summed E-state index contributed by atoms with van der Waals surface area (Å²) in [5, 5.41) is 4.39. The van der Waals surface area contributed by atoms with E-state index in [-0.39, 0.29) is 18.1 Å². The van der Waals surface area contributed by atoms with Gasteiger partial charge in [0.2, 0.25) is 0 Å². The van der Waals surface area contributed by atoms with Crippen molar-refractivity contribution in [2.75, 3.05) is 20.2 Å². The standard InChI is InChI=1S/C20H22FN5O2/c1-13-24-26(18-6-3-14(4-7-18)16-10-22-23-11-16)20(27)25(13)12-15-9-17(21)5-8-19(15)28-2/h3-9,16,22-23H,10-12H2,1-2H3. The maximum absolute atomic E-state index is 13.7. The molecular weight excluding hydrogens is 361 g/mol. The molecule has 0 radical (unpaired) electrons. The molecule has 2 aromatic carbocycles. The summed E-state index contributed by atoms with van der Waals surface area (Å²) < 4.78 is 21.8. The molecule has 146 valence electrons. The molecule has 4 rings (SSSR count). The molecule has 1 aliphatic rings. The number of aromatic nitrogens is 3. The Hall–Kier alpha value is -2.97. The van der Waals surface area contributed by atoms with Crippen molar-refractivity contribution in [2.45, 2.75) is 19.4 Å². The van der Waals surface area contributed by atoms with Crippen LogP contribution in [-0.4, -0.2) is 34.5 Å². The van der Waals surface area contributed by atoms with Gasteiger partial charge in [-0.25, -0.2) is 9.18 Å². The van der Waals surface area contributed by atoms with Crippen LogP contribution in [0.3, 0.4) is 0 Å². The highest BCUT2D eigenvalue weighted by molar-refractivity contribution is 5.36. The smallest absolute Gasteiger partial charge is 0.351 e. The maximum Gasteiger partial charge on any atom is 0.351 e. The van der Waals surface area contributed by atoms with Gasteiger partial charge in [0, 0.05) is 24.6 Å². The Morgan fingerprint density at radius 3 is 2.57 bits per heavy atom. The first kappa shape index (κ1) is 18.4. The van der Waals surface area contributed by atoms with Crippen LogP contribution in [-0.2, 0) is 6.54 Å². The molecular formula is C20H22FN5O2. The van der Waals surface area contributed by atoms with Crippen LogP contribution in [0.5, 0.6) is 5.75 Å². The van der Waals surface area contributed by atoms with E-state index < -0.39 is 0 Å². The molecule has 0 spiro atoms. The molecule has 1 aliphatic heterocycles. The van der Waals surface area contributed by atoms with Gasteiger partial charge in [0.1, 0.15) is 17.4 Å². The molecule has 2 heterocycles. The zero-order chi connectivity index (χ0) is 19.7. The third-order valence-electron chi connectivity index (χ3n) is 5.05. The molecule has 0 bridgehead atoms. The number of nitrogens with zero attached hydrogens (tertiary/aromatic N) is 3. The number of benzene rings is 2. The zero-order valence-electron chi connectivity index (χ0n) is 15.8. The largest absolute Gasteiger partial charge is 0.496 e. The second kappa shape index (κ2) is 7.57. The fourth-order valence-corrected chi connectivity index (χ4v) is 3.47. The van der Waals surface area contributed by atoms with E-state index in [4.69, 9.17) is 4.74 Å². The Bertz CT molecular complexity index is 1040. The number of aryl methyl sites for hydroxylation is 1. The summed E-state index contributed by atoms with van der Waals surface area (Å²) in [4.78, 5) is 12.9. The SMILES string of the molecule is COc1ccc(F)cc1Cn1c(C)nn(-c2ccc(C3CNNC3)cc2)c1=O. The second-order valence-corrected chi connectivity index (χ2v) is 6.83. The summed E-state index contributed by atoms with van der Waals surface area (Å²) in [6, 6.07) is 12.1. The van der Waals surface area contributed by atoms with Crippen molar-refractivity contribution in [1.82, 2.24) is 25.2 Å². The normalized spacial score (nSPS) is 14.5. The van der Waals surface area contributed by atoms with Gasteiger partial charge in [-0.15, -0.1) is 0 Å². The average Bonchev–Trinajstić information content (AvgIpc) is 3.33. The molecule has 1 aromatic heterocycles. The van der Waals surface area contributed by atoms with E-state index in [9.17, 15) is 9.18 Å². The number of methoxy groups -OCH3 is 1. The summed E-state index contributed by atoms with van der Waals surface area (Å²) in [6.07, 6.45) is 0. The lowest BCUT2D eigenvalue weighted by Crippen LogP contribution is -2.25. The quantitative estimate of drug-likeness (QED) is 0.702. The van der Waals surface area contributed by atoms with Crippen LogP contribution < -0.4 is 21.3 Å². The summed E-state index contributed by atoms with van der Waals surface area (Å²) in [5.74, 6) is 1.11. The van der Waals surface area contributed by atoms with Crippen LogP contribution in [0.1, 0.15) is 22.9 Å². The summed E-state index contributed by atoms with van der Waals surface area (Å²) in [5.41, 5.74) is 8.44. The van der Waals surface area contributed by atoms with E-state index in [0.29, 0.717) is 28.7 Å². The Morgan fingerprint density at radius 2 is 1.89 bits per heavy atom. The highest BCUT2D eigenvalue weighted by Crippen LogP contribution is 2.21. The highest BCUT2D eigenvalue weighted by Gasteiger charge is 2.18. The summed E-state index contributed by atoms with van der Waals surface area (Å²) in [7, 11) is 1.52. The number of nitrogens with one attached hydrogen (secondary N) is 2. The van der Waals surface area contributed by atoms with Gasteiger partial charge in [-0.05, 0) is 42.8 Å². The monoisotopic (exact) mass is 383 g/mol. The van der Waals surface area contributed by atoms with E-state index in [2.05, 4.69) is 16.0 Å². The van der Waals surface area contributed by atoms with E-state index in [1.807, 2.05) is 24.3 Å². The Morgan fingerprint density at radius 1 is 1.18 bits per heavy atom. The first-order valence-electron chi connectivity index (χ1n) is 9.11. The van der Waals surface area contributed by atoms with Gasteiger partial charge < -0.3 is 4.74 Å². The number of ether oxygens (including phenoxy) is 1. The minimum atomic E-state index is -0.375. The fraction of sp³-hybridized carbons (Fsp3) is 0.300. The van der Waals surface area contributed by atoms with Gasteiger partial charge in [-0.2, -0.15) is 9.78 Å². The number of hydrogen-bond acceptors (Lipinski definition) is 5. The lowest BCUT2D eigenvalue weighted by molar-refractivity contribution is 0.406. The van der Waals surface area contributed by atoms with Crippen LogP contribution in [0.25, 0.3) is 5.69 Å². The number of rotatable bonds is 5. The minimum Gasteiger partial charge on any atom is -0.496 e. The van der Waals surface area contributed by atoms with Crippen molar-refractivity contribution < 1.29 is 9.13 Å². The molecule has 8 heteroatoms. The molecule has 1 saturated heterocycles. The van der Waals surface area contributed by atoms with Crippen molar-refractivity contribution in [1.29, 1.82) is 0 Å². The lowest BCUT2D eigenvalue weighted by atomic mass is 10.0. The zero-order valence-corrected chi connectivity index (χ0v) is 15.8. The van der Waals surface area contributed by atoms with Crippen LogP contribution in [0, 0.1) is 12.7 Å². The van der Waals surface area contributed by atoms with Gasteiger partial charge in [0.15, 0.2) is 0 Å². The first-order valence-corrected chi connectivity index (χ1v) is 9.11. The van der Waals surface area contributed by atoms with Crippen molar-refractivity contribution in [3.05, 3.63) is 75.7 Å². The lowest BCUT2D eigenvalue weighted by Gasteiger charge is -2.09. The Labute approximate surface area is 161 Å². The predicted molar refractivity (Wildman–Crippen MR) is 103 cm³/mol.